The molecule has 6 rings (SSSR count). The van der Waals surface area contributed by atoms with Gasteiger partial charge in [-0.05, 0) is 55.2 Å². The number of amides is 2. The number of carbonyl (C=O) groups excluding carboxylic acids is 4. The largest absolute Gasteiger partial charge is 0.467 e. The van der Waals surface area contributed by atoms with E-state index >= 15 is 9.59 Å². The van der Waals surface area contributed by atoms with E-state index < -0.39 is 35.8 Å². The lowest BCUT2D eigenvalue weighted by Crippen LogP contribution is -2.53. The van der Waals surface area contributed by atoms with Gasteiger partial charge >= 0.3 is 11.9 Å². The molecule has 3 aliphatic rings. The fourth-order valence-electron chi connectivity index (χ4n) is 9.38. The number of nitrogens with zero attached hydrogens (tertiary/aromatic N) is 1. The lowest BCUT2D eigenvalue weighted by atomic mass is 9.89. The summed E-state index contributed by atoms with van der Waals surface area (Å²) in [6.07, 6.45) is 11.9. The maximum Gasteiger partial charge on any atom is 0.328 e. The summed E-state index contributed by atoms with van der Waals surface area (Å²) in [5, 5.41) is 21.3. The number of unbranched alkanes of at least 4 members (excludes halogenated alkanes) is 2. The summed E-state index contributed by atoms with van der Waals surface area (Å²) in [4.78, 5) is 62.2. The van der Waals surface area contributed by atoms with E-state index in [-0.39, 0.29) is 61.2 Å². The van der Waals surface area contributed by atoms with Crippen LogP contribution in [0.2, 0.25) is 0 Å². The molecule has 2 heterocycles. The Hall–Kier alpha value is -4.69. The molecule has 2 saturated carbocycles. The average Bonchev–Trinajstić information content (AvgIpc) is 3.29. The first kappa shape index (κ1) is 45.8. The third kappa shape index (κ3) is 12.7. The van der Waals surface area contributed by atoms with Crippen molar-refractivity contribution in [2.75, 3.05) is 27.3 Å². The van der Waals surface area contributed by atoms with E-state index in [0.717, 1.165) is 88.4 Å². The molecule has 13 heteroatoms. The molecule has 0 spiro atoms. The lowest BCUT2D eigenvalue weighted by molar-refractivity contribution is -0.143. The van der Waals surface area contributed by atoms with E-state index in [1.165, 1.54) is 14.2 Å². The maximum atomic E-state index is 15.1. The third-order valence-electron chi connectivity index (χ3n) is 12.6. The fourth-order valence-corrected chi connectivity index (χ4v) is 9.38. The molecule has 6 atom stereocenters. The number of benzene rings is 2. The van der Waals surface area contributed by atoms with Gasteiger partial charge in [-0.3, -0.25) is 14.6 Å². The van der Waals surface area contributed by atoms with Crippen molar-refractivity contribution < 1.29 is 28.7 Å². The molecular weight excluding hydrogens is 771 g/mol. The second-order valence-electron chi connectivity index (χ2n) is 16.8. The molecular formula is C48H67N7O6. The first-order valence-electron chi connectivity index (χ1n) is 22.6. The van der Waals surface area contributed by atoms with Crippen molar-refractivity contribution in [1.82, 2.24) is 36.9 Å². The Morgan fingerprint density at radius 1 is 0.623 bits per heavy atom. The van der Waals surface area contributed by atoms with Crippen LogP contribution in [0.15, 0.2) is 60.7 Å². The van der Waals surface area contributed by atoms with Crippen molar-refractivity contribution >= 4 is 23.8 Å². The van der Waals surface area contributed by atoms with Crippen molar-refractivity contribution in [2.45, 2.75) is 146 Å². The van der Waals surface area contributed by atoms with Gasteiger partial charge in [0.15, 0.2) is 0 Å². The number of hydrogen-bond acceptors (Lipinski definition) is 11. The normalized spacial score (nSPS) is 21.8. The smallest absolute Gasteiger partial charge is 0.328 e. The first-order valence-corrected chi connectivity index (χ1v) is 22.6. The Morgan fingerprint density at radius 2 is 1.03 bits per heavy atom. The van der Waals surface area contributed by atoms with Crippen LogP contribution in [-0.4, -0.2) is 92.3 Å². The summed E-state index contributed by atoms with van der Waals surface area (Å²) in [6, 6.07) is 17.8. The van der Waals surface area contributed by atoms with Crippen molar-refractivity contribution in [3.63, 3.8) is 0 Å². The summed E-state index contributed by atoms with van der Waals surface area (Å²) in [7, 11) is 2.63. The minimum absolute atomic E-state index is 0.145. The number of ether oxygens (including phenoxy) is 2. The summed E-state index contributed by atoms with van der Waals surface area (Å²) in [6.45, 7) is 4.37. The number of aromatic nitrogens is 1. The van der Waals surface area contributed by atoms with Gasteiger partial charge in [-0.2, -0.15) is 0 Å². The van der Waals surface area contributed by atoms with Gasteiger partial charge in [0.25, 0.3) is 11.8 Å². The Labute approximate surface area is 361 Å². The zero-order valence-corrected chi connectivity index (χ0v) is 36.4. The van der Waals surface area contributed by atoms with E-state index in [9.17, 15) is 9.59 Å². The van der Waals surface area contributed by atoms with Crippen LogP contribution in [0, 0.1) is 0 Å². The zero-order chi connectivity index (χ0) is 43.0. The van der Waals surface area contributed by atoms with Crippen LogP contribution in [0.25, 0.3) is 0 Å². The van der Waals surface area contributed by atoms with Crippen molar-refractivity contribution in [3.05, 3.63) is 99.9 Å². The monoisotopic (exact) mass is 838 g/mol. The standard InChI is InChI=1S/C48H67N7O6/c1-4-5-8-21-34-43(45(56)54-39(47(58)60-2)28-32-17-9-6-10-18-32)41-30-51-37-24-15-13-22-35(37)49-26-27-50-36-23-14-16-25-38(36)52-31-42(53-41)44(34)46(57)55-40(48(59)61-3)29-33-19-11-7-12-20-33/h6-7,9-12,17-20,35-40,49-52H,4-5,8,13-16,21-31H2,1-3H3,(H,54,56)(H,55,57)/t35-,36-,37-,38-,39+,40+/m1/s1. The third-order valence-corrected chi connectivity index (χ3v) is 12.6. The molecule has 1 aromatic heterocycles. The van der Waals surface area contributed by atoms with E-state index in [0.29, 0.717) is 29.8 Å². The first-order chi connectivity index (χ1) is 29.8. The Bertz CT molecular complexity index is 1770. The Kier molecular flexibility index (Phi) is 17.7. The van der Waals surface area contributed by atoms with Crippen LogP contribution in [0.1, 0.15) is 126 Å². The molecule has 61 heavy (non-hydrogen) atoms. The Morgan fingerprint density at radius 3 is 1.43 bits per heavy atom. The molecule has 3 aromatic rings. The van der Waals surface area contributed by atoms with Crippen LogP contribution in [0.4, 0.5) is 0 Å². The van der Waals surface area contributed by atoms with Crippen molar-refractivity contribution in [1.29, 1.82) is 0 Å². The van der Waals surface area contributed by atoms with Gasteiger partial charge in [-0.25, -0.2) is 9.59 Å². The molecule has 6 N–H and O–H groups in total. The highest BCUT2D eigenvalue weighted by atomic mass is 16.5. The Balaban J connectivity index is 1.49. The minimum atomic E-state index is -0.998. The van der Waals surface area contributed by atoms with Gasteiger partial charge in [0, 0.05) is 63.2 Å². The van der Waals surface area contributed by atoms with Crippen molar-refractivity contribution in [3.8, 4) is 0 Å². The number of methoxy groups -OCH3 is 2. The molecule has 2 fully saturated rings. The number of carbonyl (C=O) groups is 4. The molecule has 1 aliphatic heterocycles. The number of pyridine rings is 1. The number of nitrogens with one attached hydrogen (secondary N) is 6. The molecule has 330 valence electrons. The second-order valence-corrected chi connectivity index (χ2v) is 16.8. The van der Waals surface area contributed by atoms with Crippen LogP contribution < -0.4 is 31.9 Å². The van der Waals surface area contributed by atoms with E-state index in [4.69, 9.17) is 14.5 Å². The van der Waals surface area contributed by atoms with E-state index in [1.54, 1.807) is 0 Å². The van der Waals surface area contributed by atoms with Gasteiger partial charge in [-0.15, -0.1) is 0 Å². The van der Waals surface area contributed by atoms with Crippen LogP contribution in [0.3, 0.4) is 0 Å². The highest BCUT2D eigenvalue weighted by molar-refractivity contribution is 6.05. The van der Waals surface area contributed by atoms with E-state index in [2.05, 4.69) is 38.8 Å². The molecule has 0 saturated heterocycles. The lowest BCUT2D eigenvalue weighted by Gasteiger charge is -2.34. The van der Waals surface area contributed by atoms with Crippen LogP contribution in [-0.2, 0) is 51.4 Å². The van der Waals surface area contributed by atoms with Gasteiger partial charge in [0.1, 0.15) is 12.1 Å². The summed E-state index contributed by atoms with van der Waals surface area (Å²) in [5.41, 5.74) is 3.87. The maximum absolute atomic E-state index is 15.1. The molecule has 2 bridgehead atoms. The molecule has 0 unspecified atom stereocenters. The van der Waals surface area contributed by atoms with Gasteiger partial charge < -0.3 is 41.4 Å². The van der Waals surface area contributed by atoms with E-state index in [1.807, 2.05) is 60.7 Å². The average molecular weight is 838 g/mol. The zero-order valence-electron chi connectivity index (χ0n) is 36.4. The van der Waals surface area contributed by atoms with Gasteiger partial charge in [0.05, 0.1) is 36.7 Å². The molecule has 2 aliphatic carbocycles. The number of esters is 2. The summed E-state index contributed by atoms with van der Waals surface area (Å²) in [5.74, 6) is -2.15. The molecule has 13 nitrogen and oxygen atoms in total. The molecule has 2 aromatic carbocycles. The fraction of sp³-hybridized carbons (Fsp3) is 0.562. The predicted octanol–water partition coefficient (Wildman–Crippen LogP) is 4.84. The van der Waals surface area contributed by atoms with Crippen LogP contribution >= 0.6 is 0 Å². The summed E-state index contributed by atoms with van der Waals surface area (Å²) < 4.78 is 10.4. The van der Waals surface area contributed by atoms with Crippen molar-refractivity contribution in [2.24, 2.45) is 0 Å². The predicted molar refractivity (Wildman–Crippen MR) is 236 cm³/mol. The number of fused-ring (bicyclic) bond motifs is 4. The summed E-state index contributed by atoms with van der Waals surface area (Å²) >= 11 is 0. The topological polar surface area (TPSA) is 172 Å². The highest BCUT2D eigenvalue weighted by Crippen LogP contribution is 2.28. The number of rotatable bonds is 14. The quantitative estimate of drug-likeness (QED) is 0.0971. The van der Waals surface area contributed by atoms with Gasteiger partial charge in [-0.1, -0.05) is 106 Å². The molecule has 0 radical (unpaired) electrons. The second kappa shape index (κ2) is 23.5. The minimum Gasteiger partial charge on any atom is -0.467 e. The van der Waals surface area contributed by atoms with Gasteiger partial charge in [0.2, 0.25) is 0 Å². The number of hydrogen-bond donors (Lipinski definition) is 6. The molecule has 2 amide bonds. The SMILES string of the molecule is CCCCCc1c(C(=O)N[C@@H](Cc2ccccc2)C(=O)OC)c2nc(c1C(=O)N[C@@H](Cc1ccccc1)C(=O)OC)CN[C@@H]1CCCC[C@H]1NCCN[C@@H]1CCCC[C@H]1NC2. The van der Waals surface area contributed by atoms with Crippen LogP contribution in [0.5, 0.6) is 0 Å². The highest BCUT2D eigenvalue weighted by Gasteiger charge is 2.34.